The molecule has 0 aromatic rings. The van der Waals surface area contributed by atoms with Crippen molar-refractivity contribution in [1.82, 2.24) is 0 Å². The molecule has 2 atom stereocenters. The van der Waals surface area contributed by atoms with Crippen LogP contribution in [0.3, 0.4) is 0 Å². The number of esters is 2. The summed E-state index contributed by atoms with van der Waals surface area (Å²) in [7, 11) is 5.98. The molecule has 0 fully saturated rings. The van der Waals surface area contributed by atoms with Crippen LogP contribution in [-0.2, 0) is 33.3 Å². The van der Waals surface area contributed by atoms with Crippen LogP contribution in [0.25, 0.3) is 0 Å². The summed E-state index contributed by atoms with van der Waals surface area (Å²) in [6.07, 6.45) is 106. The number of allylic oxidation sites excluding steroid dienone is 22. The summed E-state index contributed by atoms with van der Waals surface area (Å²) in [5.74, 6) is -2.01. The zero-order chi connectivity index (χ0) is 69.0. The lowest BCUT2D eigenvalue weighted by molar-refractivity contribution is -0.870. The third kappa shape index (κ3) is 76.7. The first-order valence-electron chi connectivity index (χ1n) is 39.3. The topological polar surface area (TPSA) is 108 Å². The van der Waals surface area contributed by atoms with Crippen LogP contribution in [-0.4, -0.2) is 87.4 Å². The first-order valence-corrected chi connectivity index (χ1v) is 39.3. The minimum absolute atomic E-state index is 0.181. The molecule has 0 aromatic carbocycles. The third-order valence-electron chi connectivity index (χ3n) is 16.9. The number of aliphatic carboxylic acids is 1. The maximum absolute atomic E-state index is 13.0. The summed E-state index contributed by atoms with van der Waals surface area (Å²) in [5, 5.41) is 9.77. The molecule has 0 saturated carbocycles. The lowest BCUT2D eigenvalue weighted by atomic mass is 10.0. The Morgan fingerprint density at radius 2 is 0.600 bits per heavy atom. The molecule has 0 aliphatic carbocycles. The Morgan fingerprint density at radius 1 is 0.326 bits per heavy atom. The maximum Gasteiger partial charge on any atom is 0.361 e. The van der Waals surface area contributed by atoms with Gasteiger partial charge in [0.25, 0.3) is 6.29 Å². The number of hydrogen-bond donors (Lipinski definition) is 1. The Kier molecular flexibility index (Phi) is 71.6. The van der Waals surface area contributed by atoms with Crippen molar-refractivity contribution in [3.05, 3.63) is 134 Å². The van der Waals surface area contributed by atoms with E-state index in [-0.39, 0.29) is 32.2 Å². The number of carbonyl (C=O) groups is 3. The number of ether oxygens (including phenoxy) is 4. The fourth-order valence-electron chi connectivity index (χ4n) is 10.9. The van der Waals surface area contributed by atoms with Crippen LogP contribution in [0.4, 0.5) is 0 Å². The van der Waals surface area contributed by atoms with Gasteiger partial charge in [-0.05, 0) is 116 Å². The number of nitrogens with zero attached hydrogens (tertiary/aromatic N) is 1. The molecule has 0 saturated heterocycles. The first kappa shape index (κ1) is 90.4. The molecule has 0 spiro atoms. The molecule has 544 valence electrons. The van der Waals surface area contributed by atoms with Crippen molar-refractivity contribution in [2.24, 2.45) is 0 Å². The van der Waals surface area contributed by atoms with Gasteiger partial charge >= 0.3 is 17.9 Å². The Bertz CT molecular complexity index is 2030. The third-order valence-corrected chi connectivity index (χ3v) is 16.9. The number of quaternary nitrogens is 1. The number of carbonyl (C=O) groups excluding carboxylic acids is 2. The van der Waals surface area contributed by atoms with Crippen molar-refractivity contribution < 1.29 is 42.9 Å². The van der Waals surface area contributed by atoms with E-state index in [1.54, 1.807) is 0 Å². The van der Waals surface area contributed by atoms with E-state index < -0.39 is 24.3 Å². The van der Waals surface area contributed by atoms with Gasteiger partial charge in [-0.15, -0.1) is 0 Å². The van der Waals surface area contributed by atoms with Gasteiger partial charge in [0.15, 0.2) is 6.10 Å². The molecule has 9 nitrogen and oxygen atoms in total. The average molecular weight is 1320 g/mol. The molecule has 0 bridgehead atoms. The zero-order valence-corrected chi connectivity index (χ0v) is 62.3. The van der Waals surface area contributed by atoms with Crippen LogP contribution in [0.1, 0.15) is 335 Å². The van der Waals surface area contributed by atoms with Crippen LogP contribution in [0.2, 0.25) is 0 Å². The zero-order valence-electron chi connectivity index (χ0n) is 62.3. The van der Waals surface area contributed by atoms with E-state index in [1.807, 2.05) is 21.1 Å². The molecule has 0 aliphatic rings. The second kappa shape index (κ2) is 75.2. The Labute approximate surface area is 586 Å². The molecule has 0 amide bonds. The van der Waals surface area contributed by atoms with Crippen LogP contribution in [0.5, 0.6) is 0 Å². The van der Waals surface area contributed by atoms with Crippen LogP contribution in [0.15, 0.2) is 134 Å². The quantitative estimate of drug-likeness (QED) is 0.0211. The molecule has 1 N–H and O–H groups in total. The molecule has 0 heterocycles. The van der Waals surface area contributed by atoms with Gasteiger partial charge in [0.05, 0.1) is 34.4 Å². The second-order valence-electron chi connectivity index (χ2n) is 27.3. The van der Waals surface area contributed by atoms with Crippen LogP contribution < -0.4 is 0 Å². The molecule has 0 radical (unpaired) electrons. The molecular weight excluding hydrogens is 1170 g/mol. The Hall–Kier alpha value is -4.57. The summed E-state index contributed by atoms with van der Waals surface area (Å²) in [5.41, 5.74) is 0. The highest BCUT2D eigenvalue weighted by Gasteiger charge is 2.25. The maximum atomic E-state index is 13.0. The van der Waals surface area contributed by atoms with E-state index in [4.69, 9.17) is 18.9 Å². The van der Waals surface area contributed by atoms with Crippen LogP contribution >= 0.6 is 0 Å². The van der Waals surface area contributed by atoms with Gasteiger partial charge in [-0.25, -0.2) is 4.79 Å². The van der Waals surface area contributed by atoms with Gasteiger partial charge in [-0.1, -0.05) is 340 Å². The minimum atomic E-state index is -1.52. The fraction of sp³-hybridized carbons (Fsp3) is 0.709. The number of rotatable bonds is 72. The van der Waals surface area contributed by atoms with Gasteiger partial charge < -0.3 is 28.5 Å². The Balaban J connectivity index is 4.11. The van der Waals surface area contributed by atoms with Gasteiger partial charge in [0, 0.05) is 12.8 Å². The van der Waals surface area contributed by atoms with E-state index in [0.717, 1.165) is 109 Å². The van der Waals surface area contributed by atoms with Gasteiger partial charge in [-0.3, -0.25) is 9.59 Å². The summed E-state index contributed by atoms with van der Waals surface area (Å²) < 4.78 is 23.0. The van der Waals surface area contributed by atoms with E-state index in [0.29, 0.717) is 23.9 Å². The van der Waals surface area contributed by atoms with Crippen LogP contribution in [0, 0.1) is 0 Å². The second-order valence-corrected chi connectivity index (χ2v) is 27.3. The molecule has 0 aliphatic heterocycles. The number of carboxylic acids is 1. The minimum Gasteiger partial charge on any atom is -0.477 e. The average Bonchev–Trinajstić information content (AvgIpc) is 2.92. The van der Waals surface area contributed by atoms with E-state index >= 15 is 0 Å². The lowest BCUT2D eigenvalue weighted by Gasteiger charge is -2.25. The predicted molar refractivity (Wildman–Crippen MR) is 410 cm³/mol. The Morgan fingerprint density at radius 3 is 0.905 bits per heavy atom. The summed E-state index contributed by atoms with van der Waals surface area (Å²) in [6, 6.07) is 0. The highest BCUT2D eigenvalue weighted by molar-refractivity contribution is 5.71. The van der Waals surface area contributed by atoms with Crippen molar-refractivity contribution in [2.45, 2.75) is 347 Å². The molecule has 0 rings (SSSR count). The van der Waals surface area contributed by atoms with Gasteiger partial charge in [0.2, 0.25) is 0 Å². The van der Waals surface area contributed by atoms with Crippen molar-refractivity contribution in [1.29, 1.82) is 0 Å². The normalized spacial score (nSPS) is 13.4. The largest absolute Gasteiger partial charge is 0.477 e. The molecule has 95 heavy (non-hydrogen) atoms. The molecule has 9 heteroatoms. The number of carboxylic acid groups (broad SMARTS) is 1. The van der Waals surface area contributed by atoms with Crippen molar-refractivity contribution >= 4 is 17.9 Å². The summed E-state index contributed by atoms with van der Waals surface area (Å²) in [6.45, 7) is 4.78. The van der Waals surface area contributed by atoms with Crippen molar-refractivity contribution in [2.75, 3.05) is 47.5 Å². The standard InChI is InChI=1S/C86H147NO8/c1-6-8-10-12-14-16-18-20-22-24-26-28-30-32-34-36-38-39-40-41-42-43-44-45-47-49-51-53-55-57-59-61-63-65-67-69-71-73-75-77-84(89)95-82(81-94-86(85(90)91)92-79-78-87(3,4)5)80-93-83(88)76-74-72-70-68-66-64-62-60-58-56-54-52-50-48-46-37-35-33-31-29-27-25-23-21-19-17-15-13-11-9-7-2/h8,10,14,16,20,22,25-28,32,34,38-39,41-42,44-45,49,51,55,57,82,86H,6-7,9,11-13,15,17-19,21,23-24,29-31,33,35-37,40,43,46-48,50,52-54,56,58-81H2,1-5H3/p+1/b10-8-,16-14-,22-20-,27-25-,28-26-,34-32-,39-38-,42-41-,45-44-,51-49-,57-55-. The highest BCUT2D eigenvalue weighted by atomic mass is 16.7. The summed E-state index contributed by atoms with van der Waals surface area (Å²) >= 11 is 0. The SMILES string of the molecule is CC/C=C\C/C=C\C/C=C\C/C=C\C/C=C\C/C=C\C/C=C\C/C=C\C/C=C\C/C=C\CCCCCCCCCCC(=O)OC(COC(=O)CCCCCCCCCCCCCCCCCCCCC/C=C\CCCCCCCCCC)COC(OCC[N+](C)(C)C)C(=O)O. The number of unbranched alkanes of at least 4 members (excludes halogenated alkanes) is 35. The number of likely N-dealkylation sites (N-methyl/N-ethyl adjacent to an activating group) is 1. The summed E-state index contributed by atoms with van der Waals surface area (Å²) in [4.78, 5) is 37.7. The highest BCUT2D eigenvalue weighted by Crippen LogP contribution is 2.18. The monoisotopic (exact) mass is 1320 g/mol. The van der Waals surface area contributed by atoms with Gasteiger partial charge in [-0.2, -0.15) is 0 Å². The number of hydrogen-bond acceptors (Lipinski definition) is 7. The molecule has 2 unspecified atom stereocenters. The van der Waals surface area contributed by atoms with Crippen molar-refractivity contribution in [3.8, 4) is 0 Å². The fourth-order valence-corrected chi connectivity index (χ4v) is 10.9. The molecule has 0 aromatic heterocycles. The van der Waals surface area contributed by atoms with E-state index in [9.17, 15) is 19.5 Å². The predicted octanol–water partition coefficient (Wildman–Crippen LogP) is 25.3. The first-order chi connectivity index (χ1) is 46.6. The lowest BCUT2D eigenvalue weighted by Crippen LogP contribution is -2.40. The van der Waals surface area contributed by atoms with E-state index in [2.05, 4.69) is 148 Å². The van der Waals surface area contributed by atoms with E-state index in [1.165, 1.54) is 193 Å². The molecular formula is C86H148NO8+. The van der Waals surface area contributed by atoms with Gasteiger partial charge in [0.1, 0.15) is 13.2 Å². The smallest absolute Gasteiger partial charge is 0.361 e. The van der Waals surface area contributed by atoms with Crippen molar-refractivity contribution in [3.63, 3.8) is 0 Å².